The predicted octanol–water partition coefficient (Wildman–Crippen LogP) is 2.92. The molecule has 6 heteroatoms. The molecule has 0 amide bonds. The number of nitrogens with zero attached hydrogens (tertiary/aromatic N) is 3. The number of para-hydroxylation sites is 1. The van der Waals surface area contributed by atoms with E-state index >= 15 is 0 Å². The molecule has 0 radical (unpaired) electrons. The molecule has 20 heavy (non-hydrogen) atoms. The van der Waals surface area contributed by atoms with Gasteiger partial charge in [0.25, 0.3) is 0 Å². The molecular weight excluding hydrogens is 278 g/mol. The maximum absolute atomic E-state index is 5.95. The van der Waals surface area contributed by atoms with Crippen LogP contribution in [0.15, 0.2) is 18.2 Å². The molecule has 0 N–H and O–H groups in total. The van der Waals surface area contributed by atoms with E-state index in [9.17, 15) is 0 Å². The van der Waals surface area contributed by atoms with Crippen molar-refractivity contribution in [3.05, 3.63) is 29.0 Å². The molecule has 104 valence electrons. The van der Waals surface area contributed by atoms with Crippen LogP contribution in [0.5, 0.6) is 11.8 Å². The third-order valence-electron chi connectivity index (χ3n) is 2.98. The highest BCUT2D eigenvalue weighted by Crippen LogP contribution is 2.35. The number of hydrogen-bond acceptors (Lipinski definition) is 5. The van der Waals surface area contributed by atoms with Crippen molar-refractivity contribution >= 4 is 11.6 Å². The molecule has 0 saturated heterocycles. The van der Waals surface area contributed by atoms with Crippen molar-refractivity contribution in [2.75, 3.05) is 13.2 Å². The molecule has 0 aliphatic carbocycles. The van der Waals surface area contributed by atoms with Crippen molar-refractivity contribution in [2.24, 2.45) is 0 Å². The van der Waals surface area contributed by atoms with Crippen LogP contribution in [0, 0.1) is 0 Å². The summed E-state index contributed by atoms with van der Waals surface area (Å²) in [6.45, 7) is 3.25. The van der Waals surface area contributed by atoms with E-state index < -0.39 is 0 Å². The standard InChI is InChI=1S/C14H14ClN3O2/c1-2-7-20-14-17-12(16-13(15)18-14)10-5-3-4-9-6-8-19-11(9)10/h3-5H,2,6-8H2,1H3. The summed E-state index contributed by atoms with van der Waals surface area (Å²) in [6, 6.07) is 6.17. The Balaban J connectivity index is 2.02. The molecular formula is C14H14ClN3O2. The fourth-order valence-electron chi connectivity index (χ4n) is 2.10. The van der Waals surface area contributed by atoms with E-state index in [1.54, 1.807) is 0 Å². The van der Waals surface area contributed by atoms with E-state index in [2.05, 4.69) is 15.0 Å². The first kappa shape index (κ1) is 13.1. The number of benzene rings is 1. The van der Waals surface area contributed by atoms with Gasteiger partial charge in [-0.05, 0) is 29.7 Å². The van der Waals surface area contributed by atoms with Gasteiger partial charge < -0.3 is 9.47 Å². The fraction of sp³-hybridized carbons (Fsp3) is 0.357. The lowest BCUT2D eigenvalue weighted by Gasteiger charge is -2.08. The van der Waals surface area contributed by atoms with Gasteiger partial charge in [0.2, 0.25) is 5.28 Å². The molecule has 0 fully saturated rings. The molecule has 1 aromatic heterocycles. The maximum atomic E-state index is 5.95. The molecule has 1 aliphatic rings. The van der Waals surface area contributed by atoms with Gasteiger partial charge >= 0.3 is 6.01 Å². The van der Waals surface area contributed by atoms with Crippen molar-refractivity contribution in [1.82, 2.24) is 15.0 Å². The van der Waals surface area contributed by atoms with E-state index in [-0.39, 0.29) is 11.3 Å². The van der Waals surface area contributed by atoms with Crippen LogP contribution < -0.4 is 9.47 Å². The van der Waals surface area contributed by atoms with Crippen LogP contribution >= 0.6 is 11.6 Å². The van der Waals surface area contributed by atoms with Gasteiger partial charge in [0, 0.05) is 6.42 Å². The molecule has 0 unspecified atom stereocenters. The van der Waals surface area contributed by atoms with Gasteiger partial charge in [0.1, 0.15) is 5.75 Å². The van der Waals surface area contributed by atoms with Gasteiger partial charge in [-0.2, -0.15) is 15.0 Å². The zero-order chi connectivity index (χ0) is 13.9. The lowest BCUT2D eigenvalue weighted by molar-refractivity contribution is 0.291. The third kappa shape index (κ3) is 2.54. The Morgan fingerprint density at radius 1 is 1.30 bits per heavy atom. The van der Waals surface area contributed by atoms with Crippen LogP contribution in [0.3, 0.4) is 0 Å². The minimum absolute atomic E-state index is 0.122. The molecule has 0 bridgehead atoms. The van der Waals surface area contributed by atoms with Gasteiger partial charge in [-0.3, -0.25) is 0 Å². The molecule has 2 heterocycles. The molecule has 0 spiro atoms. The van der Waals surface area contributed by atoms with Crippen LogP contribution in [0.25, 0.3) is 11.4 Å². The smallest absolute Gasteiger partial charge is 0.321 e. The van der Waals surface area contributed by atoms with Crippen LogP contribution in [0.4, 0.5) is 0 Å². The minimum atomic E-state index is 0.122. The third-order valence-corrected chi connectivity index (χ3v) is 3.15. The Kier molecular flexibility index (Phi) is 3.69. The van der Waals surface area contributed by atoms with Crippen molar-refractivity contribution in [2.45, 2.75) is 19.8 Å². The van der Waals surface area contributed by atoms with Gasteiger partial charge in [-0.15, -0.1) is 0 Å². The minimum Gasteiger partial charge on any atom is -0.492 e. The van der Waals surface area contributed by atoms with E-state index in [4.69, 9.17) is 21.1 Å². The zero-order valence-corrected chi connectivity index (χ0v) is 11.9. The second-order valence-electron chi connectivity index (χ2n) is 4.45. The summed E-state index contributed by atoms with van der Waals surface area (Å²) in [6.07, 6.45) is 1.78. The summed E-state index contributed by atoms with van der Waals surface area (Å²) >= 11 is 5.95. The average molecular weight is 292 g/mol. The summed E-state index contributed by atoms with van der Waals surface area (Å²) in [5.74, 6) is 1.31. The number of hydrogen-bond donors (Lipinski definition) is 0. The fourth-order valence-corrected chi connectivity index (χ4v) is 2.25. The van der Waals surface area contributed by atoms with Crippen molar-refractivity contribution < 1.29 is 9.47 Å². The largest absolute Gasteiger partial charge is 0.492 e. The molecule has 1 aromatic carbocycles. The SMILES string of the molecule is CCCOc1nc(Cl)nc(-c2cccc3c2OCC3)n1. The number of ether oxygens (including phenoxy) is 2. The molecule has 0 atom stereocenters. The first-order valence-corrected chi connectivity index (χ1v) is 6.95. The maximum Gasteiger partial charge on any atom is 0.321 e. The van der Waals surface area contributed by atoms with Gasteiger partial charge in [0.15, 0.2) is 5.82 Å². The van der Waals surface area contributed by atoms with Gasteiger partial charge in [-0.1, -0.05) is 19.1 Å². The van der Waals surface area contributed by atoms with E-state index in [1.165, 1.54) is 0 Å². The predicted molar refractivity (Wildman–Crippen MR) is 75.3 cm³/mol. The summed E-state index contributed by atoms with van der Waals surface area (Å²) in [5, 5.41) is 0.122. The zero-order valence-electron chi connectivity index (χ0n) is 11.1. The van der Waals surface area contributed by atoms with E-state index in [0.29, 0.717) is 19.0 Å². The molecule has 5 nitrogen and oxygen atoms in total. The highest BCUT2D eigenvalue weighted by atomic mass is 35.5. The Labute approximate surface area is 121 Å². The number of halogens is 1. The highest BCUT2D eigenvalue weighted by Gasteiger charge is 2.19. The summed E-state index contributed by atoms with van der Waals surface area (Å²) in [7, 11) is 0. The Morgan fingerprint density at radius 3 is 3.05 bits per heavy atom. The summed E-state index contributed by atoms with van der Waals surface area (Å²) < 4.78 is 11.1. The van der Waals surface area contributed by atoms with Crippen LogP contribution in [0.2, 0.25) is 5.28 Å². The number of fused-ring (bicyclic) bond motifs is 1. The normalized spacial score (nSPS) is 12.9. The lowest BCUT2D eigenvalue weighted by Crippen LogP contribution is -2.03. The summed E-state index contributed by atoms with van der Waals surface area (Å²) in [5.41, 5.74) is 1.99. The van der Waals surface area contributed by atoms with Gasteiger partial charge in [-0.25, -0.2) is 0 Å². The van der Waals surface area contributed by atoms with Crippen molar-refractivity contribution in [1.29, 1.82) is 0 Å². The summed E-state index contributed by atoms with van der Waals surface area (Å²) in [4.78, 5) is 12.5. The second kappa shape index (κ2) is 5.63. The monoisotopic (exact) mass is 291 g/mol. The van der Waals surface area contributed by atoms with Crippen molar-refractivity contribution in [3.8, 4) is 23.1 Å². The quantitative estimate of drug-likeness (QED) is 0.867. The Bertz CT molecular complexity index is 634. The average Bonchev–Trinajstić information content (AvgIpc) is 2.92. The number of aromatic nitrogens is 3. The Morgan fingerprint density at radius 2 is 2.20 bits per heavy atom. The molecule has 2 aromatic rings. The van der Waals surface area contributed by atoms with Crippen LogP contribution in [-0.4, -0.2) is 28.2 Å². The second-order valence-corrected chi connectivity index (χ2v) is 4.79. The van der Waals surface area contributed by atoms with E-state index in [0.717, 1.165) is 29.7 Å². The lowest BCUT2D eigenvalue weighted by atomic mass is 10.1. The molecule has 3 rings (SSSR count). The topological polar surface area (TPSA) is 57.1 Å². The van der Waals surface area contributed by atoms with Crippen LogP contribution in [-0.2, 0) is 6.42 Å². The Hall–Kier alpha value is -1.88. The van der Waals surface area contributed by atoms with Crippen LogP contribution in [0.1, 0.15) is 18.9 Å². The van der Waals surface area contributed by atoms with Crippen molar-refractivity contribution in [3.63, 3.8) is 0 Å². The number of rotatable bonds is 4. The first-order chi connectivity index (χ1) is 9.78. The van der Waals surface area contributed by atoms with E-state index in [1.807, 2.05) is 25.1 Å². The molecule has 0 saturated carbocycles. The molecule has 1 aliphatic heterocycles. The van der Waals surface area contributed by atoms with Gasteiger partial charge in [0.05, 0.1) is 18.8 Å². The first-order valence-electron chi connectivity index (χ1n) is 6.57. The highest BCUT2D eigenvalue weighted by molar-refractivity contribution is 6.28.